The highest BCUT2D eigenvalue weighted by molar-refractivity contribution is 6.16. The molecule has 15 aromatic rings. The Labute approximate surface area is 520 Å². The number of hydrogen-bond donors (Lipinski definition) is 0. The third-order valence-electron chi connectivity index (χ3n) is 18.6. The molecule has 0 saturated carbocycles. The standard InChI is InChI=1S/C85H66N2O2/c1-83(2,3)71-39-21-35-66-68-37-23-41-75(81(68)88-79(66)71)86(61-47-43-57(44-48-61)55-25-11-7-12-26-55)63-51-52-70-73(53-63)85(59-29-15-9-16-30-59,60-31-17-10-18-32-60)74-54-77(64-33-19-20-34-65(64)78(70)74)87(62-49-45-58(46-50-62)56-27-13-8-14-28-56)76-42-24-38-69-67-36-22-40-72(84(4,5)6)80(67)89-82(69)76/h7-54H,1-6H3. The molecule has 0 radical (unpaired) electrons. The lowest BCUT2D eigenvalue weighted by Gasteiger charge is -2.36. The molecule has 16 rings (SSSR count). The Balaban J connectivity index is 0.984. The van der Waals surface area contributed by atoms with Crippen molar-refractivity contribution in [1.29, 1.82) is 0 Å². The number of benzene rings is 13. The van der Waals surface area contributed by atoms with Crippen LogP contribution >= 0.6 is 0 Å². The summed E-state index contributed by atoms with van der Waals surface area (Å²) in [5.41, 5.74) is 22.6. The molecule has 0 amide bonds. The maximum atomic E-state index is 7.34. The predicted octanol–water partition coefficient (Wildman–Crippen LogP) is 23.9. The first kappa shape index (κ1) is 53.8. The Hall–Kier alpha value is -10.7. The first-order valence-electron chi connectivity index (χ1n) is 31.1. The molecule has 89 heavy (non-hydrogen) atoms. The normalized spacial score (nSPS) is 12.9. The molecule has 0 unspecified atom stereocenters. The largest absolute Gasteiger partial charge is 0.454 e. The summed E-state index contributed by atoms with van der Waals surface area (Å²) in [5, 5.41) is 6.67. The summed E-state index contributed by atoms with van der Waals surface area (Å²) in [4.78, 5) is 4.89. The van der Waals surface area contributed by atoms with Gasteiger partial charge in [0.05, 0.1) is 22.5 Å². The molecule has 0 spiro atoms. The van der Waals surface area contributed by atoms with Gasteiger partial charge in [0.15, 0.2) is 11.2 Å². The number of nitrogens with zero attached hydrogens (tertiary/aromatic N) is 2. The number of hydrogen-bond acceptors (Lipinski definition) is 4. The molecule has 4 nitrogen and oxygen atoms in total. The van der Waals surface area contributed by atoms with Gasteiger partial charge in [-0.05, 0) is 126 Å². The van der Waals surface area contributed by atoms with Crippen LogP contribution in [0.2, 0.25) is 0 Å². The summed E-state index contributed by atoms with van der Waals surface area (Å²) in [6.45, 7) is 13.6. The average molecular weight is 1150 g/mol. The fraction of sp³-hybridized carbons (Fsp3) is 0.106. The van der Waals surface area contributed by atoms with E-state index in [0.717, 1.165) is 99.9 Å². The van der Waals surface area contributed by atoms with Gasteiger partial charge < -0.3 is 18.6 Å². The maximum absolute atomic E-state index is 7.34. The molecule has 2 heterocycles. The zero-order valence-electron chi connectivity index (χ0n) is 50.9. The highest BCUT2D eigenvalue weighted by atomic mass is 16.3. The first-order valence-corrected chi connectivity index (χ1v) is 31.1. The molecule has 0 saturated heterocycles. The number of para-hydroxylation sites is 4. The Morgan fingerprint density at radius 1 is 0.281 bits per heavy atom. The minimum atomic E-state index is -0.826. The van der Waals surface area contributed by atoms with Crippen LogP contribution in [0.4, 0.5) is 34.1 Å². The summed E-state index contributed by atoms with van der Waals surface area (Å²) in [6.07, 6.45) is 0. The highest BCUT2D eigenvalue weighted by Crippen LogP contribution is 2.61. The van der Waals surface area contributed by atoms with Crippen LogP contribution in [0.1, 0.15) is 74.9 Å². The second-order valence-electron chi connectivity index (χ2n) is 25.9. The lowest BCUT2D eigenvalue weighted by Crippen LogP contribution is -2.29. The van der Waals surface area contributed by atoms with Gasteiger partial charge in [0.1, 0.15) is 11.2 Å². The third-order valence-corrected chi connectivity index (χ3v) is 18.6. The van der Waals surface area contributed by atoms with Crippen LogP contribution in [0.3, 0.4) is 0 Å². The van der Waals surface area contributed by atoms with E-state index in [1.54, 1.807) is 0 Å². The molecule has 4 heteroatoms. The van der Waals surface area contributed by atoms with Gasteiger partial charge in [0.2, 0.25) is 0 Å². The summed E-state index contributed by atoms with van der Waals surface area (Å²) in [7, 11) is 0. The van der Waals surface area contributed by atoms with Crippen LogP contribution in [0.15, 0.2) is 300 Å². The molecule has 0 fully saturated rings. The number of furan rings is 2. The zero-order valence-corrected chi connectivity index (χ0v) is 50.9. The molecular formula is C85H66N2O2. The van der Waals surface area contributed by atoms with Gasteiger partial charge in [-0.1, -0.05) is 278 Å². The van der Waals surface area contributed by atoms with E-state index in [4.69, 9.17) is 8.83 Å². The van der Waals surface area contributed by atoms with Crippen LogP contribution in [0, 0.1) is 0 Å². The molecular weight excluding hydrogens is 1080 g/mol. The minimum Gasteiger partial charge on any atom is -0.454 e. The predicted molar refractivity (Wildman–Crippen MR) is 373 cm³/mol. The average Bonchev–Trinajstić information content (AvgIpc) is 1.58. The summed E-state index contributed by atoms with van der Waals surface area (Å²) in [5.74, 6) is 0. The van der Waals surface area contributed by atoms with Crippen LogP contribution in [-0.2, 0) is 16.2 Å². The van der Waals surface area contributed by atoms with Gasteiger partial charge in [-0.2, -0.15) is 0 Å². The van der Waals surface area contributed by atoms with Crippen LogP contribution in [0.25, 0.3) is 88.0 Å². The van der Waals surface area contributed by atoms with Crippen molar-refractivity contribution in [2.75, 3.05) is 9.80 Å². The van der Waals surface area contributed by atoms with E-state index in [2.05, 4.69) is 343 Å². The van der Waals surface area contributed by atoms with Crippen molar-refractivity contribution in [3.8, 4) is 33.4 Å². The van der Waals surface area contributed by atoms with Gasteiger partial charge in [-0.25, -0.2) is 0 Å². The monoisotopic (exact) mass is 1150 g/mol. The maximum Gasteiger partial charge on any atom is 0.159 e. The van der Waals surface area contributed by atoms with Gasteiger partial charge in [-0.3, -0.25) is 0 Å². The highest BCUT2D eigenvalue weighted by Gasteiger charge is 2.48. The Bertz CT molecular complexity index is 5140. The van der Waals surface area contributed by atoms with Crippen LogP contribution in [-0.4, -0.2) is 0 Å². The lowest BCUT2D eigenvalue weighted by atomic mass is 9.67. The SMILES string of the molecule is CC(C)(C)c1cccc2c1oc1c(N(c3ccc(-c4ccccc4)cc3)c3ccc4c(c3)C(c3ccccc3)(c3ccccc3)c3cc(N(c5ccc(-c6ccccc6)cc5)c5cccc6c5oc5c(C(C)(C)C)cccc56)c5ccccc5c3-4)cccc12. The van der Waals surface area contributed by atoms with Crippen molar-refractivity contribution in [2.45, 2.75) is 57.8 Å². The summed E-state index contributed by atoms with van der Waals surface area (Å²) in [6, 6.07) is 107. The van der Waals surface area contributed by atoms with E-state index >= 15 is 0 Å². The van der Waals surface area contributed by atoms with E-state index in [9.17, 15) is 0 Å². The Morgan fingerprint density at radius 2 is 0.663 bits per heavy atom. The van der Waals surface area contributed by atoms with E-state index < -0.39 is 5.41 Å². The molecule has 13 aromatic carbocycles. The van der Waals surface area contributed by atoms with Gasteiger partial charge in [0, 0.05) is 55.1 Å². The molecule has 1 aliphatic rings. The smallest absolute Gasteiger partial charge is 0.159 e. The minimum absolute atomic E-state index is 0.140. The fourth-order valence-electron chi connectivity index (χ4n) is 14.5. The van der Waals surface area contributed by atoms with Crippen molar-refractivity contribution in [3.63, 3.8) is 0 Å². The molecule has 2 aromatic heterocycles. The van der Waals surface area contributed by atoms with Crippen molar-refractivity contribution in [2.24, 2.45) is 0 Å². The van der Waals surface area contributed by atoms with Gasteiger partial charge in [0.25, 0.3) is 0 Å². The molecule has 0 bridgehead atoms. The summed E-state index contributed by atoms with van der Waals surface area (Å²) >= 11 is 0. The second kappa shape index (κ2) is 20.8. The summed E-state index contributed by atoms with van der Waals surface area (Å²) < 4.78 is 14.6. The fourth-order valence-corrected chi connectivity index (χ4v) is 14.5. The number of rotatable bonds is 10. The van der Waals surface area contributed by atoms with Crippen LogP contribution in [0.5, 0.6) is 0 Å². The lowest BCUT2D eigenvalue weighted by molar-refractivity contribution is 0.572. The molecule has 428 valence electrons. The molecule has 0 aliphatic heterocycles. The van der Waals surface area contributed by atoms with E-state index in [1.807, 2.05) is 0 Å². The molecule has 1 aliphatic carbocycles. The zero-order chi connectivity index (χ0) is 60.2. The van der Waals surface area contributed by atoms with Crippen molar-refractivity contribution in [3.05, 3.63) is 325 Å². The first-order chi connectivity index (χ1) is 43.4. The van der Waals surface area contributed by atoms with Crippen molar-refractivity contribution in [1.82, 2.24) is 0 Å². The van der Waals surface area contributed by atoms with Crippen LogP contribution < -0.4 is 9.80 Å². The van der Waals surface area contributed by atoms with E-state index in [0.29, 0.717) is 0 Å². The topological polar surface area (TPSA) is 32.8 Å². The number of fused-ring (bicyclic) bond motifs is 11. The van der Waals surface area contributed by atoms with Gasteiger partial charge in [-0.15, -0.1) is 0 Å². The van der Waals surface area contributed by atoms with E-state index in [1.165, 1.54) is 55.6 Å². The molecule has 0 N–H and O–H groups in total. The van der Waals surface area contributed by atoms with Crippen molar-refractivity contribution >= 4 is 88.8 Å². The Morgan fingerprint density at radius 3 is 1.15 bits per heavy atom. The third kappa shape index (κ3) is 8.64. The van der Waals surface area contributed by atoms with Gasteiger partial charge >= 0.3 is 0 Å². The molecule has 0 atom stereocenters. The second-order valence-corrected chi connectivity index (χ2v) is 25.9. The van der Waals surface area contributed by atoms with E-state index in [-0.39, 0.29) is 10.8 Å². The quantitative estimate of drug-likeness (QED) is 0.137. The Kier molecular flexibility index (Phi) is 12.5. The number of anilines is 6. The van der Waals surface area contributed by atoms with Crippen molar-refractivity contribution < 1.29 is 8.83 Å².